The molecule has 4 nitrogen and oxygen atoms in total. The third-order valence-corrected chi connectivity index (χ3v) is 7.09. The number of aliphatic hydroxyl groups is 1. The maximum atomic E-state index is 9.89. The third kappa shape index (κ3) is 41.7. The van der Waals surface area contributed by atoms with Crippen LogP contribution in [0.25, 0.3) is 5.70 Å². The minimum absolute atomic E-state index is 0.833. The highest BCUT2D eigenvalue weighted by Gasteiger charge is 2.10. The van der Waals surface area contributed by atoms with Crippen LogP contribution in [0.5, 0.6) is 0 Å². The normalized spacial score (nSPS) is 11.7. The first-order valence-electron chi connectivity index (χ1n) is 18.3. The van der Waals surface area contributed by atoms with Crippen LogP contribution in [0.1, 0.15) is 155 Å². The van der Waals surface area contributed by atoms with Crippen LogP contribution in [-0.4, -0.2) is 46.0 Å². The van der Waals surface area contributed by atoms with Gasteiger partial charge in [-0.2, -0.15) is 13.9 Å². The molecule has 278 valence electrons. The first-order valence-corrected chi connectivity index (χ1v) is 18.3. The predicted octanol–water partition coefficient (Wildman–Crippen LogP) is 13.5. The van der Waals surface area contributed by atoms with Crippen molar-refractivity contribution < 1.29 is 13.9 Å². The fourth-order valence-corrected chi connectivity index (χ4v) is 3.54. The van der Waals surface area contributed by atoms with Gasteiger partial charge in [0.2, 0.25) is 0 Å². The molecule has 0 aliphatic heterocycles. The SMILES string of the molecule is C/C=C(\C=C(\C)CC)n1cccn1.C=C/C(=C\C=C(/C)CC)CC.CC.CCC(C)C.CCCC(CCC)N(C)CCC.OC(F)F. The molecule has 1 heterocycles. The fraction of sp³-hybridized carbons (Fsp3) is 0.683. The molecule has 0 aliphatic carbocycles. The first-order chi connectivity index (χ1) is 22.3. The van der Waals surface area contributed by atoms with E-state index in [0.717, 1.165) is 36.9 Å². The highest BCUT2D eigenvalue weighted by atomic mass is 19.3. The van der Waals surface area contributed by atoms with Crippen molar-refractivity contribution in [2.75, 3.05) is 13.6 Å². The van der Waals surface area contributed by atoms with Gasteiger partial charge in [-0.1, -0.05) is 137 Å². The lowest BCUT2D eigenvalue weighted by atomic mass is 10.1. The maximum absolute atomic E-state index is 9.89. The molecule has 0 amide bonds. The van der Waals surface area contributed by atoms with Crippen molar-refractivity contribution in [1.82, 2.24) is 14.7 Å². The summed E-state index contributed by atoms with van der Waals surface area (Å²) in [5, 5.41) is 10.9. The van der Waals surface area contributed by atoms with Gasteiger partial charge in [0.15, 0.2) is 0 Å². The number of aliphatic hydroxyl groups excluding tert-OH is 1. The standard InChI is InChI=1S/C11H16N2.C11H25N.C11H18.C5H12.C2H6.CH2F2O/c1-4-10(3)9-11(5-2)13-8-6-7-12-13;1-5-8-11(9-6-2)12(4)10-7-3;1-5-10(4)8-9-11(6-2)7-3;1-4-5(2)3;1-2;2-1(3)4/h5-9H,4H2,1-3H3;11H,5-10H2,1-4H3;6,8-9H,2,5,7H2,1,3-4H3;5H,4H2,1-3H3;1-2H3;1,4H/b10-9-,11-5+;;10-8+,11-9+;;;. The molecule has 0 atom stereocenters. The maximum Gasteiger partial charge on any atom is 0.342 e. The number of allylic oxidation sites excluding steroid dienone is 9. The van der Waals surface area contributed by atoms with Gasteiger partial charge in [-0.3, -0.25) is 0 Å². The summed E-state index contributed by atoms with van der Waals surface area (Å²) < 4.78 is 21.7. The summed E-state index contributed by atoms with van der Waals surface area (Å²) in [6.45, 7) is 32.0. The van der Waals surface area contributed by atoms with Crippen molar-refractivity contribution in [2.45, 2.75) is 167 Å². The lowest BCUT2D eigenvalue weighted by Crippen LogP contribution is -2.32. The second-order valence-electron chi connectivity index (χ2n) is 11.5. The number of rotatable bonds is 15. The van der Waals surface area contributed by atoms with E-state index < -0.39 is 6.61 Å². The summed E-state index contributed by atoms with van der Waals surface area (Å²) >= 11 is 0. The molecule has 1 rings (SSSR count). The lowest BCUT2D eigenvalue weighted by molar-refractivity contribution is -0.0728. The molecule has 0 saturated carbocycles. The van der Waals surface area contributed by atoms with E-state index in [0.29, 0.717) is 0 Å². The van der Waals surface area contributed by atoms with E-state index in [4.69, 9.17) is 5.11 Å². The van der Waals surface area contributed by atoms with E-state index in [1.54, 1.807) is 6.20 Å². The Morgan fingerprint density at radius 2 is 1.38 bits per heavy atom. The summed E-state index contributed by atoms with van der Waals surface area (Å²) in [6, 6.07) is 2.76. The quantitative estimate of drug-likeness (QED) is 0.189. The largest absolute Gasteiger partial charge is 0.342 e. The Morgan fingerprint density at radius 3 is 1.68 bits per heavy atom. The Kier molecular flexibility index (Phi) is 48.1. The third-order valence-electron chi connectivity index (χ3n) is 7.09. The van der Waals surface area contributed by atoms with Crippen molar-refractivity contribution in [2.24, 2.45) is 5.92 Å². The smallest absolute Gasteiger partial charge is 0.339 e. The number of hydrogen-bond acceptors (Lipinski definition) is 3. The molecule has 0 bridgehead atoms. The molecule has 1 aromatic heterocycles. The molecule has 0 aliphatic rings. The van der Waals surface area contributed by atoms with Gasteiger partial charge < -0.3 is 10.0 Å². The topological polar surface area (TPSA) is 41.3 Å². The Bertz CT molecular complexity index is 876. The summed E-state index contributed by atoms with van der Waals surface area (Å²) in [5.41, 5.74) is 5.21. The Labute approximate surface area is 292 Å². The zero-order chi connectivity index (χ0) is 37.6. The molecule has 6 heteroatoms. The predicted molar refractivity (Wildman–Crippen MR) is 210 cm³/mol. The molecule has 0 spiro atoms. The van der Waals surface area contributed by atoms with Gasteiger partial charge in [-0.05, 0) is 96.5 Å². The molecule has 0 saturated heterocycles. The van der Waals surface area contributed by atoms with Gasteiger partial charge in [0.05, 0.1) is 5.70 Å². The van der Waals surface area contributed by atoms with Crippen LogP contribution in [-0.2, 0) is 0 Å². The Balaban J connectivity index is -0.000000163. The first kappa shape index (κ1) is 54.2. The molecule has 47 heavy (non-hydrogen) atoms. The van der Waals surface area contributed by atoms with Gasteiger partial charge in [-0.25, -0.2) is 4.68 Å². The van der Waals surface area contributed by atoms with E-state index in [9.17, 15) is 8.78 Å². The van der Waals surface area contributed by atoms with E-state index in [-0.39, 0.29) is 0 Å². The van der Waals surface area contributed by atoms with Crippen LogP contribution in [0.4, 0.5) is 8.78 Å². The summed E-state index contributed by atoms with van der Waals surface area (Å²) in [4.78, 5) is 2.52. The van der Waals surface area contributed by atoms with Gasteiger partial charge in [0.1, 0.15) is 0 Å². The average molecular weight is 668 g/mol. The molecular formula is C41H79F2N3O. The molecule has 0 radical (unpaired) electrons. The van der Waals surface area contributed by atoms with Gasteiger partial charge in [0.25, 0.3) is 0 Å². The van der Waals surface area contributed by atoms with Crippen LogP contribution in [0, 0.1) is 5.92 Å². The Morgan fingerprint density at radius 1 is 0.894 bits per heavy atom. The average Bonchev–Trinajstić information content (AvgIpc) is 3.60. The fourth-order valence-electron chi connectivity index (χ4n) is 3.54. The van der Waals surface area contributed by atoms with Crippen molar-refractivity contribution in [3.05, 3.63) is 72.1 Å². The molecule has 0 aromatic carbocycles. The van der Waals surface area contributed by atoms with Gasteiger partial charge in [0, 0.05) is 18.4 Å². The highest BCUT2D eigenvalue weighted by molar-refractivity contribution is 5.56. The van der Waals surface area contributed by atoms with Crippen LogP contribution >= 0.6 is 0 Å². The van der Waals surface area contributed by atoms with Crippen molar-refractivity contribution >= 4 is 5.70 Å². The summed E-state index contributed by atoms with van der Waals surface area (Å²) in [6.07, 6.45) is 25.4. The van der Waals surface area contributed by atoms with Crippen LogP contribution < -0.4 is 0 Å². The molecule has 1 aromatic rings. The number of hydrogen-bond donors (Lipinski definition) is 1. The van der Waals surface area contributed by atoms with Crippen molar-refractivity contribution in [3.63, 3.8) is 0 Å². The molecular weight excluding hydrogens is 588 g/mol. The van der Waals surface area contributed by atoms with Crippen molar-refractivity contribution in [1.29, 1.82) is 0 Å². The summed E-state index contributed by atoms with van der Waals surface area (Å²) in [5.74, 6) is 0.884. The number of aromatic nitrogens is 2. The lowest BCUT2D eigenvalue weighted by Gasteiger charge is -2.27. The number of halogens is 2. The molecule has 0 fully saturated rings. The van der Waals surface area contributed by atoms with E-state index >= 15 is 0 Å². The minimum Gasteiger partial charge on any atom is -0.339 e. The number of alkyl halides is 2. The van der Waals surface area contributed by atoms with Gasteiger partial charge in [-0.15, -0.1) is 0 Å². The molecule has 1 N–H and O–H groups in total. The summed E-state index contributed by atoms with van der Waals surface area (Å²) in [7, 11) is 2.26. The molecule has 0 unspecified atom stereocenters. The number of nitrogens with zero attached hydrogens (tertiary/aromatic N) is 3. The second-order valence-corrected chi connectivity index (χ2v) is 11.5. The van der Waals surface area contributed by atoms with E-state index in [1.165, 1.54) is 61.8 Å². The van der Waals surface area contributed by atoms with Crippen LogP contribution in [0.15, 0.2) is 72.1 Å². The minimum atomic E-state index is -3.17. The van der Waals surface area contributed by atoms with E-state index in [1.807, 2.05) is 43.8 Å². The monoisotopic (exact) mass is 668 g/mol. The highest BCUT2D eigenvalue weighted by Crippen LogP contribution is 2.12. The van der Waals surface area contributed by atoms with E-state index in [2.05, 4.69) is 124 Å². The van der Waals surface area contributed by atoms with Crippen molar-refractivity contribution in [3.8, 4) is 0 Å². The second kappa shape index (κ2) is 41.7. The van der Waals surface area contributed by atoms with Crippen LogP contribution in [0.3, 0.4) is 0 Å². The zero-order valence-electron chi connectivity index (χ0n) is 33.7. The van der Waals surface area contributed by atoms with Crippen LogP contribution in [0.2, 0.25) is 0 Å². The van der Waals surface area contributed by atoms with Gasteiger partial charge >= 0.3 is 6.61 Å². The Hall–Kier alpha value is -2.31. The zero-order valence-corrected chi connectivity index (χ0v) is 33.7.